The van der Waals surface area contributed by atoms with Crippen LogP contribution in [0.3, 0.4) is 0 Å². The second-order valence-corrected chi connectivity index (χ2v) is 4.87. The maximum Gasteiger partial charge on any atom is 0.257 e. The van der Waals surface area contributed by atoms with Crippen LogP contribution in [-0.4, -0.2) is 28.0 Å². The Morgan fingerprint density at radius 2 is 1.92 bits per heavy atom. The number of nitrogens with zero attached hydrogens (tertiary/aromatic N) is 3. The minimum Gasteiger partial charge on any atom is -0.481 e. The molecule has 0 saturated carbocycles. The SMILES string of the molecule is COc1cccc(NC(=O)c2cc(F)cc(Oc3cncnc3)c2)n1. The molecular weight excluding hydrogens is 327 g/mol. The molecule has 0 saturated heterocycles. The predicted octanol–water partition coefficient (Wildman–Crippen LogP) is 3.06. The second kappa shape index (κ2) is 7.35. The Morgan fingerprint density at radius 1 is 1.12 bits per heavy atom. The minimum atomic E-state index is -0.613. The molecule has 2 aromatic heterocycles. The minimum absolute atomic E-state index is 0.0801. The molecule has 0 aliphatic rings. The molecule has 1 aromatic carbocycles. The van der Waals surface area contributed by atoms with E-state index in [0.717, 1.165) is 12.1 Å². The van der Waals surface area contributed by atoms with Crippen molar-refractivity contribution in [3.05, 3.63) is 66.5 Å². The van der Waals surface area contributed by atoms with Crippen LogP contribution < -0.4 is 14.8 Å². The van der Waals surface area contributed by atoms with Gasteiger partial charge in [0.15, 0.2) is 5.75 Å². The molecule has 0 bridgehead atoms. The summed E-state index contributed by atoms with van der Waals surface area (Å²) in [6.07, 6.45) is 4.20. The Hall–Kier alpha value is -3.55. The van der Waals surface area contributed by atoms with Crippen LogP contribution in [0.2, 0.25) is 0 Å². The van der Waals surface area contributed by atoms with Crippen molar-refractivity contribution < 1.29 is 18.7 Å². The molecule has 0 aliphatic heterocycles. The fourth-order valence-electron chi connectivity index (χ4n) is 2.01. The summed E-state index contributed by atoms with van der Waals surface area (Å²) in [4.78, 5) is 24.0. The topological polar surface area (TPSA) is 86.2 Å². The van der Waals surface area contributed by atoms with Crippen molar-refractivity contribution in [1.29, 1.82) is 0 Å². The van der Waals surface area contributed by atoms with Gasteiger partial charge in [0.1, 0.15) is 23.7 Å². The van der Waals surface area contributed by atoms with Gasteiger partial charge in [0, 0.05) is 17.7 Å². The predicted molar refractivity (Wildman–Crippen MR) is 87.2 cm³/mol. The van der Waals surface area contributed by atoms with Crippen LogP contribution >= 0.6 is 0 Å². The first kappa shape index (κ1) is 16.3. The van der Waals surface area contributed by atoms with Crippen LogP contribution in [0, 0.1) is 5.82 Å². The molecule has 0 radical (unpaired) electrons. The van der Waals surface area contributed by atoms with Gasteiger partial charge in [-0.05, 0) is 18.2 Å². The highest BCUT2D eigenvalue weighted by Gasteiger charge is 2.12. The van der Waals surface area contributed by atoms with Crippen LogP contribution in [0.1, 0.15) is 10.4 Å². The van der Waals surface area contributed by atoms with Crippen LogP contribution in [-0.2, 0) is 0 Å². The number of nitrogens with one attached hydrogen (secondary N) is 1. The molecule has 2 heterocycles. The highest BCUT2D eigenvalue weighted by Crippen LogP contribution is 2.23. The molecule has 25 heavy (non-hydrogen) atoms. The lowest BCUT2D eigenvalue weighted by molar-refractivity contribution is 0.102. The number of amides is 1. The third kappa shape index (κ3) is 4.25. The normalized spacial score (nSPS) is 10.2. The van der Waals surface area contributed by atoms with E-state index in [2.05, 4.69) is 20.3 Å². The van der Waals surface area contributed by atoms with Crippen LogP contribution in [0.15, 0.2) is 55.1 Å². The Morgan fingerprint density at radius 3 is 2.68 bits per heavy atom. The van der Waals surface area contributed by atoms with Gasteiger partial charge in [0.05, 0.1) is 19.5 Å². The molecule has 0 fully saturated rings. The van der Waals surface area contributed by atoms with Gasteiger partial charge >= 0.3 is 0 Å². The summed E-state index contributed by atoms with van der Waals surface area (Å²) in [6, 6.07) is 8.59. The fraction of sp³-hybridized carbons (Fsp3) is 0.0588. The summed E-state index contributed by atoms with van der Waals surface area (Å²) in [5.41, 5.74) is 0.0801. The van der Waals surface area contributed by atoms with Gasteiger partial charge in [0.2, 0.25) is 5.88 Å². The van der Waals surface area contributed by atoms with Gasteiger partial charge in [-0.3, -0.25) is 4.79 Å². The van der Waals surface area contributed by atoms with Gasteiger partial charge in [0.25, 0.3) is 5.91 Å². The maximum absolute atomic E-state index is 13.8. The third-order valence-corrected chi connectivity index (χ3v) is 3.08. The number of rotatable bonds is 5. The number of carbonyl (C=O) groups is 1. The molecule has 3 aromatic rings. The van der Waals surface area contributed by atoms with Gasteiger partial charge < -0.3 is 14.8 Å². The zero-order chi connectivity index (χ0) is 17.6. The number of benzene rings is 1. The van der Waals surface area contributed by atoms with E-state index in [1.54, 1.807) is 18.2 Å². The number of ether oxygens (including phenoxy) is 2. The largest absolute Gasteiger partial charge is 0.481 e. The molecule has 0 aliphatic carbocycles. The van der Waals surface area contributed by atoms with Crippen LogP contribution in [0.4, 0.5) is 10.2 Å². The molecular formula is C17H13FN4O3. The Bertz CT molecular complexity index is 890. The summed E-state index contributed by atoms with van der Waals surface area (Å²) in [6.45, 7) is 0. The molecule has 0 unspecified atom stereocenters. The smallest absolute Gasteiger partial charge is 0.257 e. The van der Waals surface area contributed by atoms with Gasteiger partial charge in [-0.1, -0.05) is 6.07 Å². The Balaban J connectivity index is 1.80. The molecule has 3 rings (SSSR count). The van der Waals surface area contributed by atoms with E-state index in [-0.39, 0.29) is 17.1 Å². The Labute approximate surface area is 142 Å². The molecule has 126 valence electrons. The molecule has 0 spiro atoms. The first-order valence-electron chi connectivity index (χ1n) is 7.20. The average molecular weight is 340 g/mol. The lowest BCUT2D eigenvalue weighted by Crippen LogP contribution is -2.13. The summed E-state index contributed by atoms with van der Waals surface area (Å²) < 4.78 is 24.3. The van der Waals surface area contributed by atoms with Crippen molar-refractivity contribution >= 4 is 11.7 Å². The van der Waals surface area contributed by atoms with E-state index in [0.29, 0.717) is 11.6 Å². The maximum atomic E-state index is 13.8. The lowest BCUT2D eigenvalue weighted by Gasteiger charge is -2.09. The average Bonchev–Trinajstić information content (AvgIpc) is 2.62. The summed E-state index contributed by atoms with van der Waals surface area (Å²) in [5, 5.41) is 2.57. The van der Waals surface area contributed by atoms with E-state index in [1.807, 2.05) is 0 Å². The molecule has 1 N–H and O–H groups in total. The summed E-state index contributed by atoms with van der Waals surface area (Å²) in [7, 11) is 1.47. The molecule has 8 heteroatoms. The fourth-order valence-corrected chi connectivity index (χ4v) is 2.01. The first-order valence-corrected chi connectivity index (χ1v) is 7.20. The van der Waals surface area contributed by atoms with E-state index in [1.165, 1.54) is 31.9 Å². The van der Waals surface area contributed by atoms with Crippen molar-refractivity contribution in [2.45, 2.75) is 0 Å². The third-order valence-electron chi connectivity index (χ3n) is 3.08. The van der Waals surface area contributed by atoms with Gasteiger partial charge in [-0.15, -0.1) is 0 Å². The number of hydrogen-bond acceptors (Lipinski definition) is 6. The zero-order valence-electron chi connectivity index (χ0n) is 13.1. The van der Waals surface area contributed by atoms with Crippen LogP contribution in [0.5, 0.6) is 17.4 Å². The monoisotopic (exact) mass is 340 g/mol. The van der Waals surface area contributed by atoms with Crippen molar-refractivity contribution in [1.82, 2.24) is 15.0 Å². The Kier molecular flexibility index (Phi) is 4.79. The number of pyridine rings is 1. The van der Waals surface area contributed by atoms with Crippen molar-refractivity contribution in [2.24, 2.45) is 0 Å². The van der Waals surface area contributed by atoms with Crippen molar-refractivity contribution in [3.8, 4) is 17.4 Å². The molecule has 1 amide bonds. The van der Waals surface area contributed by atoms with Gasteiger partial charge in [-0.2, -0.15) is 4.98 Å². The zero-order valence-corrected chi connectivity index (χ0v) is 13.1. The van der Waals surface area contributed by atoms with Crippen molar-refractivity contribution in [2.75, 3.05) is 12.4 Å². The summed E-state index contributed by atoms with van der Waals surface area (Å²) >= 11 is 0. The van der Waals surface area contributed by atoms with Gasteiger partial charge in [-0.25, -0.2) is 14.4 Å². The number of halogens is 1. The van der Waals surface area contributed by atoms with E-state index >= 15 is 0 Å². The summed E-state index contributed by atoms with van der Waals surface area (Å²) in [5.74, 6) is -0.0299. The van der Waals surface area contributed by atoms with Crippen molar-refractivity contribution in [3.63, 3.8) is 0 Å². The van der Waals surface area contributed by atoms with E-state index < -0.39 is 11.7 Å². The number of anilines is 1. The lowest BCUT2D eigenvalue weighted by atomic mass is 10.2. The van der Waals surface area contributed by atoms with Crippen LogP contribution in [0.25, 0.3) is 0 Å². The first-order chi connectivity index (χ1) is 12.1. The number of hydrogen-bond donors (Lipinski definition) is 1. The molecule has 0 atom stereocenters. The highest BCUT2D eigenvalue weighted by atomic mass is 19.1. The number of aromatic nitrogens is 3. The number of methoxy groups -OCH3 is 1. The molecule has 7 nitrogen and oxygen atoms in total. The quantitative estimate of drug-likeness (QED) is 0.768. The number of carbonyl (C=O) groups excluding carboxylic acids is 1. The van der Waals surface area contributed by atoms with E-state index in [4.69, 9.17) is 9.47 Å². The van der Waals surface area contributed by atoms with E-state index in [9.17, 15) is 9.18 Å². The standard InChI is InChI=1S/C17H13FN4O3/c1-24-16-4-2-3-15(21-16)22-17(23)11-5-12(18)7-13(6-11)25-14-8-19-10-20-9-14/h2-10H,1H3,(H,21,22,23). The highest BCUT2D eigenvalue weighted by molar-refractivity contribution is 6.04. The second-order valence-electron chi connectivity index (χ2n) is 4.87.